The quantitative estimate of drug-likeness (QED) is 0.903. The van der Waals surface area contributed by atoms with Gasteiger partial charge < -0.3 is 15.0 Å². The van der Waals surface area contributed by atoms with E-state index in [1.54, 1.807) is 0 Å². The molecule has 1 aliphatic heterocycles. The number of benzene rings is 1. The van der Waals surface area contributed by atoms with Gasteiger partial charge in [-0.2, -0.15) is 0 Å². The number of amides is 1. The van der Waals surface area contributed by atoms with Gasteiger partial charge in [0.1, 0.15) is 0 Å². The Labute approximate surface area is 114 Å². The lowest BCUT2D eigenvalue weighted by Gasteiger charge is -2.35. The molecule has 19 heavy (non-hydrogen) atoms. The Morgan fingerprint density at radius 2 is 1.89 bits per heavy atom. The Morgan fingerprint density at radius 1 is 1.26 bits per heavy atom. The summed E-state index contributed by atoms with van der Waals surface area (Å²) in [5, 5.41) is 3.26. The van der Waals surface area contributed by atoms with Gasteiger partial charge in [0.05, 0.1) is 12.2 Å². The minimum absolute atomic E-state index is 0.134. The lowest BCUT2D eigenvalue weighted by Crippen LogP contribution is -2.48. The zero-order chi connectivity index (χ0) is 13.7. The molecule has 0 radical (unpaired) electrons. The van der Waals surface area contributed by atoms with Crippen molar-refractivity contribution in [2.24, 2.45) is 0 Å². The SMILES string of the molecule is C[C@@H]1CN(C(=O)CCNc2ccccc2)C[C@H](C)O1. The predicted octanol–water partition coefficient (Wildman–Crippen LogP) is 2.12. The van der Waals surface area contributed by atoms with Gasteiger partial charge in [-0.15, -0.1) is 0 Å². The van der Waals surface area contributed by atoms with E-state index < -0.39 is 0 Å². The Balaban J connectivity index is 1.75. The third-order valence-electron chi connectivity index (χ3n) is 3.21. The summed E-state index contributed by atoms with van der Waals surface area (Å²) in [5.41, 5.74) is 1.05. The molecule has 2 rings (SSSR count). The molecule has 0 aliphatic carbocycles. The smallest absolute Gasteiger partial charge is 0.224 e. The molecule has 0 bridgehead atoms. The van der Waals surface area contributed by atoms with Gasteiger partial charge in [-0.3, -0.25) is 4.79 Å². The van der Waals surface area contributed by atoms with Crippen molar-refractivity contribution < 1.29 is 9.53 Å². The van der Waals surface area contributed by atoms with Crippen molar-refractivity contribution >= 4 is 11.6 Å². The number of para-hydroxylation sites is 1. The number of hydrogen-bond acceptors (Lipinski definition) is 3. The first-order valence-corrected chi connectivity index (χ1v) is 6.87. The standard InChI is InChI=1S/C15H22N2O2/c1-12-10-17(11-13(2)19-12)15(18)8-9-16-14-6-4-3-5-7-14/h3-7,12-13,16H,8-11H2,1-2H3/t12-,13+. The average Bonchev–Trinajstić information content (AvgIpc) is 2.38. The predicted molar refractivity (Wildman–Crippen MR) is 76.1 cm³/mol. The highest BCUT2D eigenvalue weighted by Crippen LogP contribution is 2.12. The van der Waals surface area contributed by atoms with Crippen LogP contribution in [0.4, 0.5) is 5.69 Å². The van der Waals surface area contributed by atoms with Crippen LogP contribution in [0.5, 0.6) is 0 Å². The molecule has 1 aromatic rings. The van der Waals surface area contributed by atoms with Gasteiger partial charge in [0, 0.05) is 31.7 Å². The molecule has 0 aromatic heterocycles. The second-order valence-electron chi connectivity index (χ2n) is 5.10. The number of nitrogens with zero attached hydrogens (tertiary/aromatic N) is 1. The summed E-state index contributed by atoms with van der Waals surface area (Å²) < 4.78 is 5.63. The van der Waals surface area contributed by atoms with Crippen molar-refractivity contribution in [3.05, 3.63) is 30.3 Å². The van der Waals surface area contributed by atoms with Gasteiger partial charge in [0.2, 0.25) is 5.91 Å². The molecule has 4 heteroatoms. The number of hydrogen-bond donors (Lipinski definition) is 1. The van der Waals surface area contributed by atoms with Crippen molar-refractivity contribution in [2.45, 2.75) is 32.5 Å². The van der Waals surface area contributed by atoms with Crippen LogP contribution in [0, 0.1) is 0 Å². The van der Waals surface area contributed by atoms with E-state index in [1.165, 1.54) is 0 Å². The van der Waals surface area contributed by atoms with Crippen LogP contribution in [-0.2, 0) is 9.53 Å². The van der Waals surface area contributed by atoms with Crippen molar-refractivity contribution in [3.8, 4) is 0 Å². The van der Waals surface area contributed by atoms with Gasteiger partial charge in [-0.1, -0.05) is 18.2 Å². The third-order valence-corrected chi connectivity index (χ3v) is 3.21. The van der Waals surface area contributed by atoms with Gasteiger partial charge in [0.25, 0.3) is 0 Å². The molecule has 1 amide bonds. The van der Waals surface area contributed by atoms with Crippen LogP contribution in [0.15, 0.2) is 30.3 Å². The summed E-state index contributed by atoms with van der Waals surface area (Å²) in [6.45, 7) is 6.10. The molecule has 0 saturated carbocycles. The van der Waals surface area contributed by atoms with Crippen LogP contribution in [0.1, 0.15) is 20.3 Å². The maximum atomic E-state index is 12.1. The van der Waals surface area contributed by atoms with Crippen LogP contribution in [0.2, 0.25) is 0 Å². The highest BCUT2D eigenvalue weighted by molar-refractivity contribution is 5.77. The summed E-state index contributed by atoms with van der Waals surface area (Å²) in [4.78, 5) is 14.0. The average molecular weight is 262 g/mol. The highest BCUT2D eigenvalue weighted by atomic mass is 16.5. The molecular weight excluding hydrogens is 240 g/mol. The molecule has 104 valence electrons. The zero-order valence-corrected chi connectivity index (χ0v) is 11.6. The van der Waals surface area contributed by atoms with Gasteiger partial charge in [-0.05, 0) is 26.0 Å². The summed E-state index contributed by atoms with van der Waals surface area (Å²) in [6, 6.07) is 9.95. The van der Waals surface area contributed by atoms with E-state index in [4.69, 9.17) is 4.74 Å². The maximum absolute atomic E-state index is 12.1. The first-order valence-electron chi connectivity index (χ1n) is 6.87. The van der Waals surface area contributed by atoms with Crippen LogP contribution < -0.4 is 5.32 Å². The largest absolute Gasteiger partial charge is 0.385 e. The summed E-state index contributed by atoms with van der Waals surface area (Å²) in [6.07, 6.45) is 0.790. The van der Waals surface area contributed by atoms with Crippen molar-refractivity contribution in [2.75, 3.05) is 25.0 Å². The summed E-state index contributed by atoms with van der Waals surface area (Å²) >= 11 is 0. The van der Waals surface area contributed by atoms with Crippen molar-refractivity contribution in [1.82, 2.24) is 4.90 Å². The normalized spacial score (nSPS) is 23.2. The number of anilines is 1. The van der Waals surface area contributed by atoms with Crippen LogP contribution in [0.3, 0.4) is 0 Å². The Hall–Kier alpha value is -1.55. The topological polar surface area (TPSA) is 41.6 Å². The van der Waals surface area contributed by atoms with Gasteiger partial charge in [-0.25, -0.2) is 0 Å². The van der Waals surface area contributed by atoms with Crippen LogP contribution in [0.25, 0.3) is 0 Å². The third kappa shape index (κ3) is 4.24. The molecule has 0 unspecified atom stereocenters. The fourth-order valence-electron chi connectivity index (χ4n) is 2.41. The number of ether oxygens (including phenoxy) is 1. The second kappa shape index (κ2) is 6.57. The Bertz CT molecular complexity index is 398. The van der Waals surface area contributed by atoms with Crippen molar-refractivity contribution in [1.29, 1.82) is 0 Å². The highest BCUT2D eigenvalue weighted by Gasteiger charge is 2.25. The molecule has 1 aromatic carbocycles. The fourth-order valence-corrected chi connectivity index (χ4v) is 2.41. The number of morpholine rings is 1. The Kier molecular flexibility index (Phi) is 4.80. The monoisotopic (exact) mass is 262 g/mol. The number of carbonyl (C=O) groups is 1. The van der Waals surface area contributed by atoms with E-state index in [1.807, 2.05) is 49.1 Å². The first kappa shape index (κ1) is 13.9. The molecule has 1 saturated heterocycles. The summed E-state index contributed by atoms with van der Waals surface area (Å²) in [7, 11) is 0. The molecule has 1 fully saturated rings. The molecule has 0 spiro atoms. The molecular formula is C15H22N2O2. The molecule has 2 atom stereocenters. The van der Waals surface area contributed by atoms with E-state index in [2.05, 4.69) is 5.32 Å². The number of nitrogens with one attached hydrogen (secondary N) is 1. The zero-order valence-electron chi connectivity index (χ0n) is 11.6. The fraction of sp³-hybridized carbons (Fsp3) is 0.533. The second-order valence-corrected chi connectivity index (χ2v) is 5.10. The lowest BCUT2D eigenvalue weighted by molar-refractivity contribution is -0.142. The molecule has 4 nitrogen and oxygen atoms in total. The van der Waals surface area contributed by atoms with Crippen molar-refractivity contribution in [3.63, 3.8) is 0 Å². The number of rotatable bonds is 4. The van der Waals surface area contributed by atoms with Gasteiger partial charge >= 0.3 is 0 Å². The molecule has 1 heterocycles. The van der Waals surface area contributed by atoms with E-state index in [9.17, 15) is 4.79 Å². The maximum Gasteiger partial charge on any atom is 0.224 e. The van der Waals surface area contributed by atoms with E-state index in [0.29, 0.717) is 26.1 Å². The van der Waals surface area contributed by atoms with Crippen LogP contribution in [-0.4, -0.2) is 42.6 Å². The molecule has 1 N–H and O–H groups in total. The molecule has 1 aliphatic rings. The van der Waals surface area contributed by atoms with E-state index >= 15 is 0 Å². The minimum Gasteiger partial charge on any atom is -0.385 e. The first-order chi connectivity index (χ1) is 9.15. The van der Waals surface area contributed by atoms with E-state index in [-0.39, 0.29) is 18.1 Å². The van der Waals surface area contributed by atoms with E-state index in [0.717, 1.165) is 5.69 Å². The minimum atomic E-state index is 0.134. The van der Waals surface area contributed by atoms with Gasteiger partial charge in [0.15, 0.2) is 0 Å². The van der Waals surface area contributed by atoms with Crippen LogP contribution >= 0.6 is 0 Å². The number of carbonyl (C=O) groups excluding carboxylic acids is 1. The summed E-state index contributed by atoms with van der Waals surface area (Å²) in [5.74, 6) is 0.199. The Morgan fingerprint density at radius 3 is 2.53 bits per heavy atom. The lowest BCUT2D eigenvalue weighted by atomic mass is 10.2.